The number of aromatic nitrogens is 5. The normalized spacial score (nSPS) is 11.6. The molecule has 2 aromatic heterocycles. The fourth-order valence-electron chi connectivity index (χ4n) is 3.33. The first-order valence-corrected chi connectivity index (χ1v) is 9.72. The molecule has 0 fully saturated rings. The zero-order valence-electron chi connectivity index (χ0n) is 17.4. The molecule has 7 nitrogen and oxygen atoms in total. The van der Waals surface area contributed by atoms with Gasteiger partial charge in [0.2, 0.25) is 5.78 Å². The Bertz CT molecular complexity index is 1260. The van der Waals surface area contributed by atoms with Crippen molar-refractivity contribution in [2.45, 2.75) is 33.1 Å². The molecular weight excluding hydrogens is 378 g/mol. The van der Waals surface area contributed by atoms with E-state index in [4.69, 9.17) is 0 Å². The smallest absolute Gasteiger partial charge is 0.282 e. The average Bonchev–Trinajstić information content (AvgIpc) is 3.29. The summed E-state index contributed by atoms with van der Waals surface area (Å²) in [5.74, 6) is -0.435. The first-order chi connectivity index (χ1) is 14.3. The highest BCUT2D eigenvalue weighted by atomic mass is 16.2. The molecule has 2 heterocycles. The molecule has 7 heteroatoms. The second-order valence-corrected chi connectivity index (χ2v) is 8.18. The van der Waals surface area contributed by atoms with Crippen LogP contribution in [0.1, 0.15) is 48.2 Å². The summed E-state index contributed by atoms with van der Waals surface area (Å²) in [6.07, 6.45) is 0. The van der Waals surface area contributed by atoms with Gasteiger partial charge >= 0.3 is 0 Å². The van der Waals surface area contributed by atoms with Gasteiger partial charge in [-0.2, -0.15) is 9.90 Å². The van der Waals surface area contributed by atoms with Crippen LogP contribution in [0, 0.1) is 6.92 Å². The maximum Gasteiger partial charge on any atom is 0.282 e. The van der Waals surface area contributed by atoms with Crippen molar-refractivity contribution in [2.75, 3.05) is 0 Å². The fraction of sp³-hybridized carbons (Fsp3) is 0.217. The molecule has 30 heavy (non-hydrogen) atoms. The number of hydrogen-bond acceptors (Lipinski definition) is 4. The SMILES string of the molecule is Cc1nn(-c2ccccc2)nc1C(=O)c1c(C(C)(C)C)[nH]n(-c2ccccc2)c1=O. The van der Waals surface area contributed by atoms with Crippen LogP contribution in [-0.2, 0) is 5.41 Å². The third kappa shape index (κ3) is 3.39. The number of aromatic amines is 1. The number of nitrogens with one attached hydrogen (secondary N) is 1. The van der Waals surface area contributed by atoms with Gasteiger partial charge in [-0.25, -0.2) is 4.68 Å². The minimum Gasteiger partial charge on any atom is -0.294 e. The molecule has 0 radical (unpaired) electrons. The number of aryl methyl sites for hydroxylation is 1. The molecule has 4 aromatic rings. The summed E-state index contributed by atoms with van der Waals surface area (Å²) in [4.78, 5) is 28.2. The number of para-hydroxylation sites is 2. The lowest BCUT2D eigenvalue weighted by molar-refractivity contribution is 0.103. The molecule has 0 bridgehead atoms. The lowest BCUT2D eigenvalue weighted by Gasteiger charge is -2.17. The molecule has 4 rings (SSSR count). The van der Waals surface area contributed by atoms with Gasteiger partial charge in [-0.05, 0) is 31.2 Å². The quantitative estimate of drug-likeness (QED) is 0.530. The van der Waals surface area contributed by atoms with Crippen LogP contribution in [0.2, 0.25) is 0 Å². The van der Waals surface area contributed by atoms with E-state index in [-0.39, 0.29) is 11.3 Å². The topological polar surface area (TPSA) is 85.6 Å². The second kappa shape index (κ2) is 7.26. The zero-order chi connectivity index (χ0) is 21.5. The van der Waals surface area contributed by atoms with E-state index >= 15 is 0 Å². The first kappa shape index (κ1) is 19.6. The fourth-order valence-corrected chi connectivity index (χ4v) is 3.33. The van der Waals surface area contributed by atoms with E-state index in [2.05, 4.69) is 15.3 Å². The summed E-state index contributed by atoms with van der Waals surface area (Å²) in [5.41, 5.74) is 1.85. The maximum absolute atomic E-state index is 13.5. The maximum atomic E-state index is 13.5. The minimum absolute atomic E-state index is 0.0922. The van der Waals surface area contributed by atoms with E-state index in [0.717, 1.165) is 5.69 Å². The van der Waals surface area contributed by atoms with Gasteiger partial charge in [0.25, 0.3) is 5.56 Å². The van der Waals surface area contributed by atoms with Crippen LogP contribution >= 0.6 is 0 Å². The predicted molar refractivity (Wildman–Crippen MR) is 115 cm³/mol. The highest BCUT2D eigenvalue weighted by Crippen LogP contribution is 2.25. The van der Waals surface area contributed by atoms with Crippen molar-refractivity contribution in [1.82, 2.24) is 24.8 Å². The molecule has 152 valence electrons. The van der Waals surface area contributed by atoms with E-state index in [1.807, 2.05) is 81.4 Å². The third-order valence-corrected chi connectivity index (χ3v) is 4.87. The van der Waals surface area contributed by atoms with Gasteiger partial charge in [-0.15, -0.1) is 5.10 Å². The summed E-state index contributed by atoms with van der Waals surface area (Å²) in [5, 5.41) is 11.9. The van der Waals surface area contributed by atoms with Gasteiger partial charge in [0.15, 0.2) is 5.69 Å². The number of rotatable bonds is 4. The van der Waals surface area contributed by atoms with E-state index < -0.39 is 16.8 Å². The third-order valence-electron chi connectivity index (χ3n) is 4.87. The number of benzene rings is 2. The van der Waals surface area contributed by atoms with Gasteiger partial charge in [0.1, 0.15) is 5.56 Å². The van der Waals surface area contributed by atoms with Gasteiger partial charge in [-0.1, -0.05) is 57.2 Å². The molecular formula is C23H23N5O2. The number of carbonyl (C=O) groups is 1. The largest absolute Gasteiger partial charge is 0.294 e. The van der Waals surface area contributed by atoms with Gasteiger partial charge < -0.3 is 0 Å². The Morgan fingerprint density at radius 3 is 2.03 bits per heavy atom. The van der Waals surface area contributed by atoms with Crippen LogP contribution in [0.4, 0.5) is 0 Å². The molecule has 2 aromatic carbocycles. The van der Waals surface area contributed by atoms with Crippen molar-refractivity contribution in [3.8, 4) is 11.4 Å². The lowest BCUT2D eigenvalue weighted by atomic mass is 9.88. The van der Waals surface area contributed by atoms with Crippen molar-refractivity contribution in [2.24, 2.45) is 0 Å². The molecule has 0 amide bonds. The molecule has 0 aliphatic heterocycles. The Morgan fingerprint density at radius 2 is 1.47 bits per heavy atom. The van der Waals surface area contributed by atoms with E-state index in [0.29, 0.717) is 17.1 Å². The molecule has 0 unspecified atom stereocenters. The van der Waals surface area contributed by atoms with Crippen molar-refractivity contribution >= 4 is 5.78 Å². The lowest BCUT2D eigenvalue weighted by Crippen LogP contribution is -2.23. The van der Waals surface area contributed by atoms with Crippen LogP contribution in [0.25, 0.3) is 11.4 Å². The second-order valence-electron chi connectivity index (χ2n) is 8.18. The summed E-state index contributed by atoms with van der Waals surface area (Å²) in [7, 11) is 0. The Kier molecular flexibility index (Phi) is 4.73. The van der Waals surface area contributed by atoms with Crippen molar-refractivity contribution in [3.63, 3.8) is 0 Å². The molecule has 0 aliphatic carbocycles. The van der Waals surface area contributed by atoms with E-state index in [9.17, 15) is 9.59 Å². The average molecular weight is 401 g/mol. The molecule has 0 atom stereocenters. The number of ketones is 1. The molecule has 0 saturated carbocycles. The summed E-state index contributed by atoms with van der Waals surface area (Å²) < 4.78 is 1.41. The summed E-state index contributed by atoms with van der Waals surface area (Å²) in [6, 6.07) is 18.5. The summed E-state index contributed by atoms with van der Waals surface area (Å²) >= 11 is 0. The Hall–Kier alpha value is -3.74. The van der Waals surface area contributed by atoms with Crippen LogP contribution < -0.4 is 5.56 Å². The number of carbonyl (C=O) groups excluding carboxylic acids is 1. The molecule has 1 N–H and O–H groups in total. The van der Waals surface area contributed by atoms with Crippen LogP contribution in [0.3, 0.4) is 0 Å². The first-order valence-electron chi connectivity index (χ1n) is 9.72. The van der Waals surface area contributed by atoms with Gasteiger partial charge in [0, 0.05) is 5.41 Å². The number of H-pyrrole nitrogens is 1. The van der Waals surface area contributed by atoms with Crippen LogP contribution in [0.5, 0.6) is 0 Å². The van der Waals surface area contributed by atoms with Crippen molar-refractivity contribution in [1.29, 1.82) is 0 Å². The monoisotopic (exact) mass is 401 g/mol. The highest BCUT2D eigenvalue weighted by molar-refractivity contribution is 6.09. The van der Waals surface area contributed by atoms with E-state index in [1.54, 1.807) is 6.92 Å². The molecule has 0 saturated heterocycles. The van der Waals surface area contributed by atoms with Crippen molar-refractivity contribution in [3.05, 3.63) is 93.7 Å². The van der Waals surface area contributed by atoms with Crippen molar-refractivity contribution < 1.29 is 4.79 Å². The molecule has 0 spiro atoms. The molecule has 0 aliphatic rings. The van der Waals surface area contributed by atoms with Gasteiger partial charge in [-0.3, -0.25) is 14.7 Å². The van der Waals surface area contributed by atoms with E-state index in [1.165, 1.54) is 9.48 Å². The number of nitrogens with zero attached hydrogens (tertiary/aromatic N) is 4. The van der Waals surface area contributed by atoms with Gasteiger partial charge in [0.05, 0.1) is 22.8 Å². The Morgan fingerprint density at radius 1 is 0.900 bits per heavy atom. The predicted octanol–water partition coefficient (Wildman–Crippen LogP) is 3.58. The standard InChI is InChI=1S/C23H23N5O2/c1-15-19(25-28(24-15)17-13-9-6-10-14-17)20(29)18-21(23(2,3)4)26-27(22(18)30)16-11-7-5-8-12-16/h5-14,26H,1-4H3. The van der Waals surface area contributed by atoms with Crippen LogP contribution in [0.15, 0.2) is 65.5 Å². The zero-order valence-corrected chi connectivity index (χ0v) is 17.4. The Balaban J connectivity index is 1.87. The van der Waals surface area contributed by atoms with Crippen LogP contribution in [-0.4, -0.2) is 30.6 Å². The summed E-state index contributed by atoms with van der Waals surface area (Å²) in [6.45, 7) is 7.59. The minimum atomic E-state index is -0.451. The highest BCUT2D eigenvalue weighted by Gasteiger charge is 2.32. The number of hydrogen-bond donors (Lipinski definition) is 1. The Labute approximate surface area is 174 Å².